The average molecular weight is 598 g/mol. The molecule has 0 aliphatic carbocycles. The van der Waals surface area contributed by atoms with E-state index in [1.807, 2.05) is 13.8 Å². The van der Waals surface area contributed by atoms with Crippen LogP contribution in [0.25, 0.3) is 0 Å². The molecule has 3 N–H and O–H groups in total. The summed E-state index contributed by atoms with van der Waals surface area (Å²) in [6.45, 7) is 5.32. The van der Waals surface area contributed by atoms with Gasteiger partial charge in [0, 0.05) is 31.7 Å². The van der Waals surface area contributed by atoms with E-state index in [4.69, 9.17) is 14.2 Å². The molecule has 0 bridgehead atoms. The molecule has 0 amide bonds. The third-order valence-corrected chi connectivity index (χ3v) is 10.5. The van der Waals surface area contributed by atoms with Crippen LogP contribution in [0.1, 0.15) is 33.1 Å². The van der Waals surface area contributed by atoms with Gasteiger partial charge in [-0.2, -0.15) is 4.31 Å². The van der Waals surface area contributed by atoms with E-state index in [-0.39, 0.29) is 40.7 Å². The van der Waals surface area contributed by atoms with E-state index in [9.17, 15) is 21.9 Å². The molecule has 13 heteroatoms. The number of rotatable bonds is 12. The Morgan fingerprint density at radius 1 is 1.05 bits per heavy atom. The second kappa shape index (κ2) is 12.7. The van der Waals surface area contributed by atoms with E-state index < -0.39 is 26.2 Å². The monoisotopic (exact) mass is 597 g/mol. The van der Waals surface area contributed by atoms with Crippen molar-refractivity contribution in [3.63, 3.8) is 0 Å². The van der Waals surface area contributed by atoms with Crippen LogP contribution in [0.4, 0.5) is 0 Å². The average Bonchev–Trinajstić information content (AvgIpc) is 3.33. The Labute approximate surface area is 236 Å². The minimum absolute atomic E-state index is 0.00777. The van der Waals surface area contributed by atoms with Crippen molar-refractivity contribution in [1.29, 1.82) is 0 Å². The molecule has 40 heavy (non-hydrogen) atoms. The van der Waals surface area contributed by atoms with Crippen molar-refractivity contribution in [1.82, 2.24) is 14.3 Å². The van der Waals surface area contributed by atoms with Crippen LogP contribution in [0.5, 0.6) is 11.5 Å². The number of nitrogens with one attached hydrogen (secondary N) is 2. The Morgan fingerprint density at radius 3 is 2.40 bits per heavy atom. The van der Waals surface area contributed by atoms with Gasteiger partial charge in [-0.25, -0.2) is 21.6 Å². The second-order valence-corrected chi connectivity index (χ2v) is 14.3. The lowest BCUT2D eigenvalue weighted by Gasteiger charge is -2.38. The lowest BCUT2D eigenvalue weighted by atomic mass is 9.88. The molecule has 0 aromatic heterocycles. The van der Waals surface area contributed by atoms with E-state index in [0.717, 1.165) is 6.42 Å². The van der Waals surface area contributed by atoms with E-state index in [1.54, 1.807) is 36.4 Å². The first-order valence-corrected chi connectivity index (χ1v) is 16.3. The molecular weight excluding hydrogens is 558 g/mol. The van der Waals surface area contributed by atoms with Gasteiger partial charge in [-0.05, 0) is 76.6 Å². The number of ether oxygens (including phenoxy) is 3. The van der Waals surface area contributed by atoms with Crippen LogP contribution in [0.2, 0.25) is 0 Å². The van der Waals surface area contributed by atoms with Crippen LogP contribution in [0.15, 0.2) is 58.3 Å². The number of hydrogen-bond donors (Lipinski definition) is 3. The quantitative estimate of drug-likeness (QED) is 0.333. The Hall–Kier alpha value is -2.26. The molecule has 1 unspecified atom stereocenters. The standard InChI is InChI=1S/C27H39N3O8S2/c1-20(2)38-23-7-9-25(10-8-23)40(34,35)30-13-11-27(12-14-30)16-21(18-37-27)29-17-22(31)19-36-24-5-4-6-26(15-24)39(32,33)28-3/h4-10,15,20-22,28-29,31H,11-14,16-19H2,1-3H3/t21?,22-/m0/s1. The Bertz CT molecular complexity index is 1340. The predicted molar refractivity (Wildman–Crippen MR) is 149 cm³/mol. The lowest BCUT2D eigenvalue weighted by molar-refractivity contribution is -0.0312. The third kappa shape index (κ3) is 7.52. The van der Waals surface area contributed by atoms with Crippen LogP contribution in [0, 0.1) is 0 Å². The topological polar surface area (TPSA) is 144 Å². The van der Waals surface area contributed by atoms with Crippen LogP contribution in [-0.2, 0) is 24.8 Å². The predicted octanol–water partition coefficient (Wildman–Crippen LogP) is 1.72. The van der Waals surface area contributed by atoms with Crippen molar-refractivity contribution in [2.75, 3.05) is 39.9 Å². The summed E-state index contributed by atoms with van der Waals surface area (Å²) in [5, 5.41) is 13.7. The lowest BCUT2D eigenvalue weighted by Crippen LogP contribution is -2.47. The number of sulfonamides is 2. The van der Waals surface area contributed by atoms with Crippen molar-refractivity contribution in [2.24, 2.45) is 0 Å². The molecule has 1 spiro atoms. The van der Waals surface area contributed by atoms with Gasteiger partial charge in [0.05, 0.1) is 28.1 Å². The minimum Gasteiger partial charge on any atom is -0.491 e. The maximum absolute atomic E-state index is 13.2. The highest BCUT2D eigenvalue weighted by atomic mass is 32.2. The number of nitrogens with zero attached hydrogens (tertiary/aromatic N) is 1. The van der Waals surface area contributed by atoms with E-state index in [2.05, 4.69) is 10.0 Å². The van der Waals surface area contributed by atoms with E-state index in [1.165, 1.54) is 23.5 Å². The molecule has 2 aromatic rings. The van der Waals surface area contributed by atoms with Gasteiger partial charge < -0.3 is 24.6 Å². The minimum atomic E-state index is -3.61. The van der Waals surface area contributed by atoms with Crippen LogP contribution in [0.3, 0.4) is 0 Å². The van der Waals surface area contributed by atoms with Crippen LogP contribution < -0.4 is 19.5 Å². The zero-order chi connectivity index (χ0) is 29.0. The molecule has 0 radical (unpaired) electrons. The van der Waals surface area contributed by atoms with Crippen molar-refractivity contribution in [2.45, 2.75) is 66.8 Å². The largest absolute Gasteiger partial charge is 0.491 e. The van der Waals surface area contributed by atoms with Crippen molar-refractivity contribution >= 4 is 20.0 Å². The highest BCUT2D eigenvalue weighted by Crippen LogP contribution is 2.37. The molecule has 4 rings (SSSR count). The molecule has 2 aliphatic heterocycles. The van der Waals surface area contributed by atoms with Crippen LogP contribution >= 0.6 is 0 Å². The Balaban J connectivity index is 1.22. The molecular formula is C27H39N3O8S2. The summed E-state index contributed by atoms with van der Waals surface area (Å²) in [5.74, 6) is 0.982. The van der Waals surface area contributed by atoms with Gasteiger partial charge in [0.15, 0.2) is 0 Å². The zero-order valence-electron chi connectivity index (χ0n) is 23.1. The summed E-state index contributed by atoms with van der Waals surface area (Å²) < 4.78 is 71.4. The van der Waals surface area contributed by atoms with Gasteiger partial charge in [0.1, 0.15) is 24.2 Å². The van der Waals surface area contributed by atoms with Gasteiger partial charge in [0.2, 0.25) is 20.0 Å². The molecule has 2 heterocycles. The third-order valence-electron chi connectivity index (χ3n) is 7.15. The molecule has 2 saturated heterocycles. The van der Waals surface area contributed by atoms with Gasteiger partial charge in [-0.1, -0.05) is 6.07 Å². The van der Waals surface area contributed by atoms with Gasteiger partial charge in [-0.15, -0.1) is 0 Å². The first-order chi connectivity index (χ1) is 18.9. The maximum atomic E-state index is 13.2. The molecule has 2 aliphatic rings. The second-order valence-electron chi connectivity index (χ2n) is 10.5. The molecule has 222 valence electrons. The summed E-state index contributed by atoms with van der Waals surface area (Å²) in [6.07, 6.45) is 1.11. The fraction of sp³-hybridized carbons (Fsp3) is 0.556. The molecule has 2 fully saturated rings. The highest BCUT2D eigenvalue weighted by Gasteiger charge is 2.44. The van der Waals surface area contributed by atoms with Gasteiger partial charge in [-0.3, -0.25) is 0 Å². The van der Waals surface area contributed by atoms with Crippen molar-refractivity contribution in [3.05, 3.63) is 48.5 Å². The zero-order valence-corrected chi connectivity index (χ0v) is 24.7. The summed E-state index contributed by atoms with van der Waals surface area (Å²) >= 11 is 0. The van der Waals surface area contributed by atoms with E-state index >= 15 is 0 Å². The normalized spacial score (nSPS) is 20.6. The Morgan fingerprint density at radius 2 is 1.75 bits per heavy atom. The van der Waals surface area contributed by atoms with Gasteiger partial charge in [0.25, 0.3) is 0 Å². The smallest absolute Gasteiger partial charge is 0.243 e. The fourth-order valence-electron chi connectivity index (χ4n) is 4.97. The summed E-state index contributed by atoms with van der Waals surface area (Å²) in [4.78, 5) is 0.333. The van der Waals surface area contributed by atoms with Crippen molar-refractivity contribution < 1.29 is 36.2 Å². The van der Waals surface area contributed by atoms with Crippen molar-refractivity contribution in [3.8, 4) is 11.5 Å². The maximum Gasteiger partial charge on any atom is 0.243 e. The SMILES string of the molecule is CNS(=O)(=O)c1cccc(OC[C@@H](O)CNC2COC3(CCN(S(=O)(=O)c4ccc(OC(C)C)cc4)CC3)C2)c1. The molecule has 11 nitrogen and oxygen atoms in total. The number of hydrogen-bond acceptors (Lipinski definition) is 9. The first-order valence-electron chi connectivity index (χ1n) is 13.4. The highest BCUT2D eigenvalue weighted by molar-refractivity contribution is 7.89. The molecule has 2 atom stereocenters. The van der Waals surface area contributed by atoms with E-state index in [0.29, 0.717) is 44.0 Å². The summed E-state index contributed by atoms with van der Waals surface area (Å²) in [5.41, 5.74) is -0.390. The number of aliphatic hydroxyl groups excluding tert-OH is 1. The molecule has 2 aromatic carbocycles. The number of benzene rings is 2. The molecule has 0 saturated carbocycles. The summed E-state index contributed by atoms with van der Waals surface area (Å²) in [6, 6.07) is 12.6. The number of piperidine rings is 1. The summed E-state index contributed by atoms with van der Waals surface area (Å²) in [7, 11) is -5.86. The van der Waals surface area contributed by atoms with Crippen LogP contribution in [-0.4, -0.2) is 90.0 Å². The first kappa shape index (κ1) is 30.7. The van der Waals surface area contributed by atoms with Gasteiger partial charge >= 0.3 is 0 Å². The number of aliphatic hydroxyl groups is 1. The Kier molecular flexibility index (Phi) is 9.76. The fourth-order valence-corrected chi connectivity index (χ4v) is 7.18.